The summed E-state index contributed by atoms with van der Waals surface area (Å²) in [4.78, 5) is 23.7. The molecule has 8 heteroatoms. The van der Waals surface area contributed by atoms with Crippen molar-refractivity contribution in [3.8, 4) is 5.69 Å². The molecule has 0 aliphatic rings. The third-order valence-electron chi connectivity index (χ3n) is 3.30. The van der Waals surface area contributed by atoms with Gasteiger partial charge in [-0.25, -0.2) is 17.9 Å². The molecule has 0 amide bonds. The molecule has 0 radical (unpaired) electrons. The lowest BCUT2D eigenvalue weighted by atomic mass is 10.2. The maximum atomic E-state index is 12.0. The lowest BCUT2D eigenvalue weighted by molar-refractivity contribution is 0.0600. The van der Waals surface area contributed by atoms with Gasteiger partial charge in [0.2, 0.25) is 10.0 Å². The van der Waals surface area contributed by atoms with Gasteiger partial charge < -0.3 is 4.74 Å². The van der Waals surface area contributed by atoms with Crippen LogP contribution in [0.15, 0.2) is 52.3 Å². The third-order valence-corrected chi connectivity index (χ3v) is 4.78. The fourth-order valence-electron chi connectivity index (χ4n) is 2.03. The first kappa shape index (κ1) is 17.9. The summed E-state index contributed by atoms with van der Waals surface area (Å²) in [6.45, 7) is 2.22. The zero-order valence-electron chi connectivity index (χ0n) is 13.4. The molecule has 0 saturated heterocycles. The van der Waals surface area contributed by atoms with E-state index in [1.54, 1.807) is 0 Å². The van der Waals surface area contributed by atoms with Gasteiger partial charge in [-0.1, -0.05) is 6.92 Å². The molecule has 1 heterocycles. The van der Waals surface area contributed by atoms with E-state index < -0.39 is 16.0 Å². The number of sulfonamides is 1. The summed E-state index contributed by atoms with van der Waals surface area (Å²) in [7, 11) is -2.32. The number of esters is 1. The van der Waals surface area contributed by atoms with Crippen LogP contribution in [-0.2, 0) is 14.8 Å². The van der Waals surface area contributed by atoms with E-state index in [1.807, 2.05) is 6.92 Å². The molecule has 0 saturated carbocycles. The highest BCUT2D eigenvalue weighted by Gasteiger charge is 2.13. The van der Waals surface area contributed by atoms with E-state index in [0.717, 1.165) is 0 Å². The number of hydrogen-bond donors (Lipinski definition) is 1. The Bertz CT molecular complexity index is 885. The normalized spacial score (nSPS) is 11.2. The van der Waals surface area contributed by atoms with Gasteiger partial charge in [-0.3, -0.25) is 9.36 Å². The fraction of sp³-hybridized carbons (Fsp3) is 0.250. The minimum atomic E-state index is -3.57. The van der Waals surface area contributed by atoms with E-state index in [-0.39, 0.29) is 16.0 Å². The number of methoxy groups -OCH3 is 1. The van der Waals surface area contributed by atoms with Crippen molar-refractivity contribution in [2.24, 2.45) is 0 Å². The van der Waals surface area contributed by atoms with Crippen LogP contribution in [0.3, 0.4) is 0 Å². The molecule has 1 aromatic carbocycles. The van der Waals surface area contributed by atoms with Crippen molar-refractivity contribution in [2.45, 2.75) is 18.2 Å². The monoisotopic (exact) mass is 350 g/mol. The maximum Gasteiger partial charge on any atom is 0.339 e. The topological polar surface area (TPSA) is 94.5 Å². The second kappa shape index (κ2) is 7.41. The molecule has 0 unspecified atom stereocenters. The summed E-state index contributed by atoms with van der Waals surface area (Å²) in [6.07, 6.45) is 2.04. The molecule has 0 aliphatic carbocycles. The SMILES string of the molecule is CCCNS(=O)(=O)c1ccc(-n2cc(C(=O)OC)ccc2=O)cc1. The first-order chi connectivity index (χ1) is 11.4. The van der Waals surface area contributed by atoms with Crippen molar-refractivity contribution in [3.63, 3.8) is 0 Å². The molecular weight excluding hydrogens is 332 g/mol. The van der Waals surface area contributed by atoms with E-state index in [2.05, 4.69) is 9.46 Å². The highest BCUT2D eigenvalue weighted by molar-refractivity contribution is 7.89. The Kier molecular flexibility index (Phi) is 5.53. The summed E-state index contributed by atoms with van der Waals surface area (Å²) >= 11 is 0. The van der Waals surface area contributed by atoms with Gasteiger partial charge in [-0.2, -0.15) is 0 Å². The Morgan fingerprint density at radius 2 is 1.83 bits per heavy atom. The molecule has 0 aliphatic heterocycles. The van der Waals surface area contributed by atoms with Gasteiger partial charge >= 0.3 is 5.97 Å². The largest absolute Gasteiger partial charge is 0.465 e. The summed E-state index contributed by atoms with van der Waals surface area (Å²) in [5.41, 5.74) is 0.320. The second-order valence-electron chi connectivity index (χ2n) is 5.01. The molecule has 0 fully saturated rings. The predicted molar refractivity (Wildman–Crippen MR) is 88.9 cm³/mol. The van der Waals surface area contributed by atoms with E-state index in [9.17, 15) is 18.0 Å². The minimum Gasteiger partial charge on any atom is -0.465 e. The molecule has 0 atom stereocenters. The van der Waals surface area contributed by atoms with Gasteiger partial charge in [0.15, 0.2) is 0 Å². The van der Waals surface area contributed by atoms with Crippen LogP contribution >= 0.6 is 0 Å². The van der Waals surface area contributed by atoms with E-state index >= 15 is 0 Å². The van der Waals surface area contributed by atoms with Crippen LogP contribution in [0.2, 0.25) is 0 Å². The first-order valence-corrected chi connectivity index (χ1v) is 8.78. The van der Waals surface area contributed by atoms with Crippen molar-refractivity contribution in [1.82, 2.24) is 9.29 Å². The van der Waals surface area contributed by atoms with Crippen molar-refractivity contribution >= 4 is 16.0 Å². The Labute approximate surface area is 139 Å². The average Bonchev–Trinajstić information content (AvgIpc) is 2.60. The molecule has 0 bridgehead atoms. The molecule has 1 aromatic heterocycles. The van der Waals surface area contributed by atoms with Crippen LogP contribution in [0.4, 0.5) is 0 Å². The van der Waals surface area contributed by atoms with Crippen LogP contribution in [0.1, 0.15) is 23.7 Å². The molecule has 0 spiro atoms. The fourth-order valence-corrected chi connectivity index (χ4v) is 3.17. The number of carbonyl (C=O) groups is 1. The number of rotatable bonds is 6. The molecule has 1 N–H and O–H groups in total. The van der Waals surface area contributed by atoms with E-state index in [1.165, 1.54) is 54.3 Å². The number of nitrogens with one attached hydrogen (secondary N) is 1. The van der Waals surface area contributed by atoms with Crippen LogP contribution in [0, 0.1) is 0 Å². The number of aromatic nitrogens is 1. The number of pyridine rings is 1. The first-order valence-electron chi connectivity index (χ1n) is 7.30. The number of benzene rings is 1. The number of hydrogen-bond acceptors (Lipinski definition) is 5. The Hall–Kier alpha value is -2.45. The summed E-state index contributed by atoms with van der Waals surface area (Å²) in [5.74, 6) is -0.563. The molecular formula is C16H18N2O5S. The molecule has 24 heavy (non-hydrogen) atoms. The highest BCUT2D eigenvalue weighted by Crippen LogP contribution is 2.13. The van der Waals surface area contributed by atoms with Gasteiger partial charge in [0.1, 0.15) is 0 Å². The standard InChI is InChI=1S/C16H18N2O5S/c1-3-10-17-24(21,22)14-7-5-13(6-8-14)18-11-12(16(20)23-2)4-9-15(18)19/h4-9,11,17H,3,10H2,1-2H3. The minimum absolute atomic E-state index is 0.108. The summed E-state index contributed by atoms with van der Waals surface area (Å²) < 4.78 is 32.4. The molecule has 7 nitrogen and oxygen atoms in total. The highest BCUT2D eigenvalue weighted by atomic mass is 32.2. The van der Waals surface area contributed by atoms with Crippen LogP contribution in [0.25, 0.3) is 5.69 Å². The van der Waals surface area contributed by atoms with Crippen molar-refractivity contribution < 1.29 is 17.9 Å². The molecule has 2 aromatic rings. The second-order valence-corrected chi connectivity index (χ2v) is 6.78. The lowest BCUT2D eigenvalue weighted by Crippen LogP contribution is -2.24. The van der Waals surface area contributed by atoms with Crippen molar-refractivity contribution in [1.29, 1.82) is 0 Å². The summed E-state index contributed by atoms with van der Waals surface area (Å²) in [6, 6.07) is 8.44. The Morgan fingerprint density at radius 1 is 1.17 bits per heavy atom. The van der Waals surface area contributed by atoms with Gasteiger partial charge in [-0.15, -0.1) is 0 Å². The third kappa shape index (κ3) is 3.90. The quantitative estimate of drug-likeness (QED) is 0.793. The smallest absolute Gasteiger partial charge is 0.339 e. The maximum absolute atomic E-state index is 12.0. The number of carbonyl (C=O) groups excluding carboxylic acids is 1. The van der Waals surface area contributed by atoms with Gasteiger partial charge in [-0.05, 0) is 36.8 Å². The van der Waals surface area contributed by atoms with Gasteiger partial charge in [0.25, 0.3) is 5.56 Å². The van der Waals surface area contributed by atoms with E-state index in [4.69, 9.17) is 0 Å². The summed E-state index contributed by atoms with van der Waals surface area (Å²) in [5, 5.41) is 0. The Morgan fingerprint density at radius 3 is 2.42 bits per heavy atom. The Balaban J connectivity index is 2.38. The number of nitrogens with zero attached hydrogens (tertiary/aromatic N) is 1. The zero-order valence-corrected chi connectivity index (χ0v) is 14.2. The van der Waals surface area contributed by atoms with Crippen LogP contribution in [0.5, 0.6) is 0 Å². The average molecular weight is 350 g/mol. The van der Waals surface area contributed by atoms with Gasteiger partial charge in [0, 0.05) is 24.5 Å². The van der Waals surface area contributed by atoms with Crippen molar-refractivity contribution in [3.05, 3.63) is 58.5 Å². The number of ether oxygens (including phenoxy) is 1. The zero-order chi connectivity index (χ0) is 17.7. The van der Waals surface area contributed by atoms with Crippen molar-refractivity contribution in [2.75, 3.05) is 13.7 Å². The van der Waals surface area contributed by atoms with E-state index in [0.29, 0.717) is 18.7 Å². The molecule has 128 valence electrons. The van der Waals surface area contributed by atoms with Gasteiger partial charge in [0.05, 0.1) is 17.6 Å². The molecule has 2 rings (SSSR count). The lowest BCUT2D eigenvalue weighted by Gasteiger charge is -2.09. The predicted octanol–water partition coefficient (Wildman–Crippen LogP) is 1.31. The van der Waals surface area contributed by atoms with Crippen LogP contribution in [-0.4, -0.2) is 32.6 Å². The van der Waals surface area contributed by atoms with Crippen LogP contribution < -0.4 is 10.3 Å².